The molecule has 112 valence electrons. The van der Waals surface area contributed by atoms with Crippen LogP contribution in [0.1, 0.15) is 41.5 Å². The van der Waals surface area contributed by atoms with Gasteiger partial charge in [-0.2, -0.15) is 0 Å². The summed E-state index contributed by atoms with van der Waals surface area (Å²) in [6.45, 7) is 12.0. The Morgan fingerprint density at radius 1 is 0.895 bits per heavy atom. The van der Waals surface area contributed by atoms with E-state index in [1.54, 1.807) is 0 Å². The summed E-state index contributed by atoms with van der Waals surface area (Å²) in [6.07, 6.45) is 0. The number of ether oxygens (including phenoxy) is 2. The summed E-state index contributed by atoms with van der Waals surface area (Å²) in [5.74, 6) is -0.101. The molecule has 1 N–H and O–H groups in total. The number of amides is 1. The Kier molecular flexibility index (Phi) is 7.23. The number of ketones is 1. The van der Waals surface area contributed by atoms with Crippen LogP contribution in [0.2, 0.25) is 0 Å². The number of nitrogens with one attached hydrogen (secondary N) is 1. The van der Waals surface area contributed by atoms with Crippen molar-refractivity contribution in [3.05, 3.63) is 0 Å². The standard InChI is InChI=1S/C14H27NO4/c1-13(2,3)11(16)9-18-7-8-19-10-12(17)15-14(4,5)6/h7-10H2,1-6H3,(H,15,17). The first-order valence-electron chi connectivity index (χ1n) is 6.52. The predicted octanol–water partition coefficient (Wildman–Crippen LogP) is 1.55. The van der Waals surface area contributed by atoms with E-state index in [9.17, 15) is 9.59 Å². The van der Waals surface area contributed by atoms with Gasteiger partial charge < -0.3 is 14.8 Å². The third-order valence-electron chi connectivity index (χ3n) is 2.19. The van der Waals surface area contributed by atoms with E-state index >= 15 is 0 Å². The fourth-order valence-corrected chi connectivity index (χ4v) is 1.12. The van der Waals surface area contributed by atoms with Crippen molar-refractivity contribution in [2.45, 2.75) is 47.1 Å². The Labute approximate surface area is 116 Å². The molecule has 0 aliphatic heterocycles. The van der Waals surface area contributed by atoms with Crippen LogP contribution in [-0.2, 0) is 19.1 Å². The molecular formula is C14H27NO4. The molecule has 0 unspecified atom stereocenters. The van der Waals surface area contributed by atoms with Gasteiger partial charge in [-0.25, -0.2) is 0 Å². The van der Waals surface area contributed by atoms with Gasteiger partial charge in [-0.05, 0) is 20.8 Å². The molecule has 5 nitrogen and oxygen atoms in total. The summed E-state index contributed by atoms with van der Waals surface area (Å²) >= 11 is 0. The third-order valence-corrected chi connectivity index (χ3v) is 2.19. The fraction of sp³-hybridized carbons (Fsp3) is 0.857. The van der Waals surface area contributed by atoms with Crippen molar-refractivity contribution in [2.75, 3.05) is 26.4 Å². The molecule has 0 aromatic heterocycles. The molecule has 0 heterocycles. The number of carbonyl (C=O) groups is 2. The Morgan fingerprint density at radius 2 is 1.37 bits per heavy atom. The van der Waals surface area contributed by atoms with Gasteiger partial charge in [0.2, 0.25) is 5.91 Å². The molecule has 0 bridgehead atoms. The van der Waals surface area contributed by atoms with E-state index in [1.807, 2.05) is 41.5 Å². The molecule has 0 saturated carbocycles. The van der Waals surface area contributed by atoms with Gasteiger partial charge in [0.05, 0.1) is 13.2 Å². The zero-order chi connectivity index (χ0) is 15.1. The molecule has 0 aromatic carbocycles. The summed E-state index contributed by atoms with van der Waals surface area (Å²) in [4.78, 5) is 22.9. The van der Waals surface area contributed by atoms with Gasteiger partial charge >= 0.3 is 0 Å². The molecule has 0 fully saturated rings. The van der Waals surface area contributed by atoms with E-state index in [0.29, 0.717) is 13.2 Å². The van der Waals surface area contributed by atoms with Gasteiger partial charge in [0.1, 0.15) is 13.2 Å². The molecule has 0 atom stereocenters. The Hall–Kier alpha value is -0.940. The van der Waals surface area contributed by atoms with Crippen LogP contribution >= 0.6 is 0 Å². The van der Waals surface area contributed by atoms with Gasteiger partial charge in [-0.15, -0.1) is 0 Å². The lowest BCUT2D eigenvalue weighted by Crippen LogP contribution is -2.42. The highest BCUT2D eigenvalue weighted by molar-refractivity contribution is 5.84. The van der Waals surface area contributed by atoms with Crippen molar-refractivity contribution < 1.29 is 19.1 Å². The smallest absolute Gasteiger partial charge is 0.246 e. The molecule has 5 heteroatoms. The lowest BCUT2D eigenvalue weighted by molar-refractivity contribution is -0.133. The SMILES string of the molecule is CC(C)(C)NC(=O)COCCOCC(=O)C(C)(C)C. The third kappa shape index (κ3) is 10.7. The van der Waals surface area contributed by atoms with Gasteiger partial charge in [-0.3, -0.25) is 9.59 Å². The van der Waals surface area contributed by atoms with E-state index in [4.69, 9.17) is 9.47 Å². The van der Waals surface area contributed by atoms with Crippen LogP contribution < -0.4 is 5.32 Å². The molecule has 0 spiro atoms. The highest BCUT2D eigenvalue weighted by Gasteiger charge is 2.20. The van der Waals surface area contributed by atoms with E-state index in [1.165, 1.54) is 0 Å². The van der Waals surface area contributed by atoms with Crippen LogP contribution in [0.5, 0.6) is 0 Å². The van der Waals surface area contributed by atoms with Crippen LogP contribution in [-0.4, -0.2) is 43.7 Å². The average Bonchev–Trinajstić information content (AvgIpc) is 2.18. The van der Waals surface area contributed by atoms with E-state index in [2.05, 4.69) is 5.32 Å². The van der Waals surface area contributed by atoms with Crippen LogP contribution in [0.25, 0.3) is 0 Å². The Bertz CT molecular complexity index is 300. The maximum absolute atomic E-state index is 11.5. The van der Waals surface area contributed by atoms with Crippen molar-refractivity contribution in [3.63, 3.8) is 0 Å². The maximum Gasteiger partial charge on any atom is 0.246 e. The summed E-state index contributed by atoms with van der Waals surface area (Å²) in [6, 6.07) is 0. The van der Waals surface area contributed by atoms with Crippen LogP contribution in [0.15, 0.2) is 0 Å². The second-order valence-corrected chi connectivity index (χ2v) is 6.58. The molecule has 0 radical (unpaired) electrons. The van der Waals surface area contributed by atoms with Crippen molar-refractivity contribution in [2.24, 2.45) is 5.41 Å². The maximum atomic E-state index is 11.5. The largest absolute Gasteiger partial charge is 0.371 e. The Morgan fingerprint density at radius 3 is 1.79 bits per heavy atom. The number of hydrogen-bond donors (Lipinski definition) is 1. The van der Waals surface area contributed by atoms with Crippen LogP contribution in [0.3, 0.4) is 0 Å². The monoisotopic (exact) mass is 273 g/mol. The average molecular weight is 273 g/mol. The zero-order valence-electron chi connectivity index (χ0n) is 13.0. The number of hydrogen-bond acceptors (Lipinski definition) is 4. The molecule has 0 aliphatic rings. The van der Waals surface area contributed by atoms with E-state index in [0.717, 1.165) is 0 Å². The van der Waals surface area contributed by atoms with Crippen molar-refractivity contribution >= 4 is 11.7 Å². The lowest BCUT2D eigenvalue weighted by atomic mass is 9.91. The second-order valence-electron chi connectivity index (χ2n) is 6.58. The molecule has 1 amide bonds. The van der Waals surface area contributed by atoms with Gasteiger partial charge in [0, 0.05) is 11.0 Å². The van der Waals surface area contributed by atoms with Crippen LogP contribution in [0.4, 0.5) is 0 Å². The van der Waals surface area contributed by atoms with Crippen molar-refractivity contribution in [3.8, 4) is 0 Å². The number of rotatable bonds is 7. The molecule has 0 saturated heterocycles. The normalized spacial score (nSPS) is 12.3. The fourth-order valence-electron chi connectivity index (χ4n) is 1.12. The molecule has 0 aromatic rings. The molecular weight excluding hydrogens is 246 g/mol. The van der Waals surface area contributed by atoms with E-state index < -0.39 is 0 Å². The first kappa shape index (κ1) is 18.1. The minimum Gasteiger partial charge on any atom is -0.371 e. The zero-order valence-corrected chi connectivity index (χ0v) is 13.0. The summed E-state index contributed by atoms with van der Waals surface area (Å²) in [7, 11) is 0. The first-order chi connectivity index (χ1) is 8.52. The summed E-state index contributed by atoms with van der Waals surface area (Å²) < 4.78 is 10.4. The van der Waals surface area contributed by atoms with E-state index in [-0.39, 0.29) is 35.9 Å². The minimum absolute atomic E-state index is 0.00778. The first-order valence-corrected chi connectivity index (χ1v) is 6.52. The summed E-state index contributed by atoms with van der Waals surface area (Å²) in [5.41, 5.74) is -0.635. The minimum atomic E-state index is -0.381. The van der Waals surface area contributed by atoms with Crippen molar-refractivity contribution in [1.82, 2.24) is 5.32 Å². The van der Waals surface area contributed by atoms with Gasteiger partial charge in [0.15, 0.2) is 5.78 Å². The second kappa shape index (κ2) is 7.60. The lowest BCUT2D eigenvalue weighted by Gasteiger charge is -2.20. The highest BCUT2D eigenvalue weighted by atomic mass is 16.5. The van der Waals surface area contributed by atoms with Crippen LogP contribution in [0, 0.1) is 5.41 Å². The quantitative estimate of drug-likeness (QED) is 0.715. The van der Waals surface area contributed by atoms with Crippen molar-refractivity contribution in [1.29, 1.82) is 0 Å². The van der Waals surface area contributed by atoms with Gasteiger partial charge in [-0.1, -0.05) is 20.8 Å². The Balaban J connectivity index is 3.57. The topological polar surface area (TPSA) is 64.6 Å². The molecule has 0 rings (SSSR count). The highest BCUT2D eigenvalue weighted by Crippen LogP contribution is 2.14. The predicted molar refractivity (Wildman–Crippen MR) is 74.0 cm³/mol. The molecule has 19 heavy (non-hydrogen) atoms. The number of carbonyl (C=O) groups excluding carboxylic acids is 2. The van der Waals surface area contributed by atoms with Gasteiger partial charge in [0.25, 0.3) is 0 Å². The molecule has 0 aliphatic carbocycles. The summed E-state index contributed by atoms with van der Waals surface area (Å²) in [5, 5.41) is 2.79. The number of Topliss-reactive ketones (excluding diaryl/α,β-unsaturated/α-hetero) is 1.